The van der Waals surface area contributed by atoms with Crippen LogP contribution in [0.25, 0.3) is 11.6 Å². The van der Waals surface area contributed by atoms with Crippen molar-refractivity contribution in [3.8, 4) is 11.8 Å². The molecule has 0 atom stereocenters. The van der Waals surface area contributed by atoms with E-state index in [-0.39, 0.29) is 0 Å². The molecule has 0 amide bonds. The second-order valence-electron chi connectivity index (χ2n) is 9.20. The van der Waals surface area contributed by atoms with Crippen LogP contribution in [0.15, 0.2) is 35.9 Å². The first-order valence-corrected chi connectivity index (χ1v) is 12.9. The van der Waals surface area contributed by atoms with Crippen LogP contribution >= 0.6 is 0 Å². The van der Waals surface area contributed by atoms with Crippen molar-refractivity contribution in [1.82, 2.24) is 0 Å². The molecule has 0 fully saturated rings. The maximum atomic E-state index is 14.0. The van der Waals surface area contributed by atoms with Gasteiger partial charge in [0.15, 0.2) is 23.3 Å². The normalized spacial score (nSPS) is 11.9. The molecule has 0 unspecified atom stereocenters. The van der Waals surface area contributed by atoms with Gasteiger partial charge in [0, 0.05) is 5.57 Å². The minimum Gasteiger partial charge on any atom is -0.494 e. The Labute approximate surface area is 225 Å². The molecular weight excluding hydrogens is 517 g/mol. The number of hydrogen-bond donors (Lipinski definition) is 1. The third-order valence-electron chi connectivity index (χ3n) is 6.20. The van der Waals surface area contributed by atoms with Crippen molar-refractivity contribution in [3.05, 3.63) is 76.1 Å². The van der Waals surface area contributed by atoms with E-state index in [0.29, 0.717) is 23.5 Å². The van der Waals surface area contributed by atoms with Gasteiger partial charge in [-0.05, 0) is 50.0 Å². The second-order valence-corrected chi connectivity index (χ2v) is 9.20. The monoisotopic (exact) mass is 549 g/mol. The molecule has 0 radical (unpaired) electrons. The van der Waals surface area contributed by atoms with Gasteiger partial charge in [0.2, 0.25) is 5.82 Å². The molecule has 2 rings (SSSR count). The standard InChI is InChI=1S/C30H32F5NO3/c1-20(30(37)38)12-10-8-6-4-2-3-5-7-9-11-17-39-23-15-13-21(14-16-23)18-22(19-36)24-25(31)27(33)29(35)28(34)26(24)32/h12-16,18H,2-11,17H2,1H3,(H,37,38). The number of nitrogens with zero attached hydrogens (tertiary/aromatic N) is 1. The smallest absolute Gasteiger partial charge is 0.330 e. The summed E-state index contributed by atoms with van der Waals surface area (Å²) in [5.41, 5.74) is -1.24. The van der Waals surface area contributed by atoms with Crippen molar-refractivity contribution in [2.75, 3.05) is 6.61 Å². The number of ether oxygens (including phenoxy) is 1. The maximum absolute atomic E-state index is 14.0. The highest BCUT2D eigenvalue weighted by Gasteiger charge is 2.27. The van der Waals surface area contributed by atoms with Crippen molar-refractivity contribution >= 4 is 17.6 Å². The molecule has 0 aliphatic heterocycles. The van der Waals surface area contributed by atoms with Crippen LogP contribution in [0.1, 0.15) is 82.3 Å². The van der Waals surface area contributed by atoms with Crippen LogP contribution in [0.2, 0.25) is 0 Å². The summed E-state index contributed by atoms with van der Waals surface area (Å²) in [4.78, 5) is 10.7. The number of carbonyl (C=O) groups is 1. The molecule has 9 heteroatoms. The molecule has 2 aromatic rings. The van der Waals surface area contributed by atoms with Crippen LogP contribution in [-0.4, -0.2) is 17.7 Å². The predicted octanol–water partition coefficient (Wildman–Crippen LogP) is 8.76. The highest BCUT2D eigenvalue weighted by atomic mass is 19.2. The average molecular weight is 550 g/mol. The Kier molecular flexibility index (Phi) is 13.2. The first kappa shape index (κ1) is 31.5. The molecule has 0 saturated heterocycles. The van der Waals surface area contributed by atoms with E-state index in [1.807, 2.05) is 0 Å². The molecule has 0 aliphatic carbocycles. The summed E-state index contributed by atoms with van der Waals surface area (Å²) in [7, 11) is 0. The fraction of sp³-hybridized carbons (Fsp3) is 0.400. The molecule has 210 valence electrons. The fourth-order valence-electron chi connectivity index (χ4n) is 3.91. The lowest BCUT2D eigenvalue weighted by Crippen LogP contribution is -2.06. The Morgan fingerprint density at radius 1 is 0.821 bits per heavy atom. The number of benzene rings is 2. The second kappa shape index (κ2) is 16.3. The lowest BCUT2D eigenvalue weighted by atomic mass is 10.0. The van der Waals surface area contributed by atoms with Crippen molar-refractivity contribution in [1.29, 1.82) is 5.26 Å². The first-order chi connectivity index (χ1) is 18.7. The third-order valence-corrected chi connectivity index (χ3v) is 6.20. The largest absolute Gasteiger partial charge is 0.494 e. The van der Waals surface area contributed by atoms with Gasteiger partial charge in [0.05, 0.1) is 23.8 Å². The van der Waals surface area contributed by atoms with E-state index in [0.717, 1.165) is 70.3 Å². The fourth-order valence-corrected chi connectivity index (χ4v) is 3.91. The molecular formula is C30H32F5NO3. The Balaban J connectivity index is 1.69. The summed E-state index contributed by atoms with van der Waals surface area (Å²) in [6.07, 6.45) is 13.3. The van der Waals surface area contributed by atoms with Gasteiger partial charge in [-0.15, -0.1) is 0 Å². The van der Waals surface area contributed by atoms with Gasteiger partial charge < -0.3 is 9.84 Å². The van der Waals surface area contributed by atoms with E-state index in [9.17, 15) is 32.0 Å². The van der Waals surface area contributed by atoms with Gasteiger partial charge in [-0.2, -0.15) is 5.26 Å². The van der Waals surface area contributed by atoms with E-state index in [1.54, 1.807) is 25.1 Å². The van der Waals surface area contributed by atoms with E-state index >= 15 is 0 Å². The van der Waals surface area contributed by atoms with Crippen molar-refractivity contribution in [3.63, 3.8) is 0 Å². The summed E-state index contributed by atoms with van der Waals surface area (Å²) in [5.74, 6) is -10.9. The molecule has 0 bridgehead atoms. The lowest BCUT2D eigenvalue weighted by molar-refractivity contribution is -0.132. The summed E-state index contributed by atoms with van der Waals surface area (Å²) in [5, 5.41) is 18.1. The molecule has 0 heterocycles. The van der Waals surface area contributed by atoms with Crippen LogP contribution in [0.5, 0.6) is 5.75 Å². The quantitative estimate of drug-likeness (QED) is 0.0432. The molecule has 0 spiro atoms. The Morgan fingerprint density at radius 2 is 1.31 bits per heavy atom. The number of nitriles is 1. The molecule has 4 nitrogen and oxygen atoms in total. The van der Waals surface area contributed by atoms with E-state index < -0.39 is 46.2 Å². The highest BCUT2D eigenvalue weighted by Crippen LogP contribution is 2.29. The summed E-state index contributed by atoms with van der Waals surface area (Å²) in [6.45, 7) is 2.11. The molecule has 0 saturated carbocycles. The zero-order valence-corrected chi connectivity index (χ0v) is 21.8. The highest BCUT2D eigenvalue weighted by molar-refractivity contribution is 5.90. The molecule has 2 aromatic carbocycles. The Bertz CT molecular complexity index is 1190. The average Bonchev–Trinajstić information content (AvgIpc) is 2.93. The van der Waals surface area contributed by atoms with E-state index in [1.165, 1.54) is 18.2 Å². The van der Waals surface area contributed by atoms with Crippen LogP contribution < -0.4 is 4.74 Å². The van der Waals surface area contributed by atoms with Gasteiger partial charge in [0.1, 0.15) is 5.75 Å². The van der Waals surface area contributed by atoms with Crippen LogP contribution in [0.4, 0.5) is 22.0 Å². The van der Waals surface area contributed by atoms with Crippen molar-refractivity contribution < 1.29 is 36.6 Å². The summed E-state index contributed by atoms with van der Waals surface area (Å²) >= 11 is 0. The number of allylic oxidation sites excluding steroid dienone is 2. The van der Waals surface area contributed by atoms with Crippen LogP contribution in [0.3, 0.4) is 0 Å². The number of hydrogen-bond acceptors (Lipinski definition) is 3. The Hall–Kier alpha value is -3.67. The van der Waals surface area contributed by atoms with E-state index in [4.69, 9.17) is 9.84 Å². The van der Waals surface area contributed by atoms with Gasteiger partial charge in [-0.1, -0.05) is 63.2 Å². The first-order valence-electron chi connectivity index (χ1n) is 12.9. The number of carboxylic acid groups (broad SMARTS) is 1. The van der Waals surface area contributed by atoms with Gasteiger partial charge >= 0.3 is 5.97 Å². The molecule has 0 aliphatic rings. The van der Waals surface area contributed by atoms with Crippen LogP contribution in [0, 0.1) is 40.4 Å². The minimum absolute atomic E-state index is 0.328. The van der Waals surface area contributed by atoms with Gasteiger partial charge in [0.25, 0.3) is 0 Å². The zero-order valence-electron chi connectivity index (χ0n) is 21.8. The molecule has 1 N–H and O–H groups in total. The Morgan fingerprint density at radius 3 is 1.82 bits per heavy atom. The summed E-state index contributed by atoms with van der Waals surface area (Å²) < 4.78 is 74.1. The summed E-state index contributed by atoms with van der Waals surface area (Å²) in [6, 6.07) is 7.72. The third kappa shape index (κ3) is 9.86. The maximum Gasteiger partial charge on any atom is 0.330 e. The van der Waals surface area contributed by atoms with Crippen molar-refractivity contribution in [2.24, 2.45) is 0 Å². The predicted molar refractivity (Wildman–Crippen MR) is 139 cm³/mol. The van der Waals surface area contributed by atoms with Gasteiger partial charge in [-0.25, -0.2) is 26.7 Å². The molecule has 39 heavy (non-hydrogen) atoms. The number of aliphatic carboxylic acids is 1. The van der Waals surface area contributed by atoms with Crippen molar-refractivity contribution in [2.45, 2.75) is 71.1 Å². The zero-order chi connectivity index (χ0) is 28.8. The van der Waals surface area contributed by atoms with Crippen LogP contribution in [-0.2, 0) is 4.79 Å². The number of rotatable bonds is 16. The minimum atomic E-state index is -2.28. The lowest BCUT2D eigenvalue weighted by Gasteiger charge is -2.08. The van der Waals surface area contributed by atoms with E-state index in [2.05, 4.69) is 0 Å². The number of carboxylic acids is 1. The number of unbranched alkanes of at least 4 members (excludes halogenated alkanes) is 9. The van der Waals surface area contributed by atoms with Gasteiger partial charge in [-0.3, -0.25) is 0 Å². The molecule has 0 aromatic heterocycles. The number of halogens is 5. The topological polar surface area (TPSA) is 70.3 Å². The SMILES string of the molecule is CC(=CCCCCCCCCCCCOc1ccc(C=C(C#N)c2c(F)c(F)c(F)c(F)c2F)cc1)C(=O)O.